The average Bonchev–Trinajstić information content (AvgIpc) is 4.13. The van der Waals surface area contributed by atoms with Crippen LogP contribution in [0.15, 0.2) is 48.6 Å². The van der Waals surface area contributed by atoms with Gasteiger partial charge in [-0.25, -0.2) is 19.2 Å². The van der Waals surface area contributed by atoms with Gasteiger partial charge in [-0.1, -0.05) is 45.6 Å². The second-order valence-corrected chi connectivity index (χ2v) is 22.3. The number of fused-ring (bicyclic) bond motifs is 2. The Morgan fingerprint density at radius 3 is 1.08 bits per heavy atom. The number of carbonyl (C=O) groups excluding carboxylic acids is 4. The predicted molar refractivity (Wildman–Crippen MR) is 256 cm³/mol. The smallest absolute Gasteiger partial charge is 0.420 e. The van der Waals surface area contributed by atoms with Crippen LogP contribution in [0.5, 0.6) is 0 Å². The zero-order valence-corrected chi connectivity index (χ0v) is 45.2. The van der Waals surface area contributed by atoms with Gasteiger partial charge in [0, 0.05) is 34.1 Å². The van der Waals surface area contributed by atoms with Gasteiger partial charge in [0.05, 0.1) is 0 Å². The summed E-state index contributed by atoms with van der Waals surface area (Å²) in [5, 5.41) is 39.9. The van der Waals surface area contributed by atoms with Gasteiger partial charge < -0.3 is 39.4 Å². The molecule has 4 N–H and O–H groups in total. The zero-order chi connectivity index (χ0) is 60.2. The van der Waals surface area contributed by atoms with E-state index in [0.29, 0.717) is 79.1 Å². The van der Waals surface area contributed by atoms with Crippen LogP contribution >= 0.6 is 0 Å². The Bertz CT molecular complexity index is 2150. The monoisotopic (exact) mass is 1130 g/mol. The van der Waals surface area contributed by atoms with Gasteiger partial charge in [-0.15, -0.1) is 0 Å². The normalized spacial score (nSPS) is 26.0. The number of hydrogen-bond donors (Lipinski definition) is 4. The maximum atomic E-state index is 13.2. The van der Waals surface area contributed by atoms with Gasteiger partial charge in [-0.3, -0.25) is 0 Å². The molecule has 0 spiro atoms. The summed E-state index contributed by atoms with van der Waals surface area (Å²) in [6.07, 6.45) is -12.3. The van der Waals surface area contributed by atoms with Crippen LogP contribution in [0.2, 0.25) is 0 Å². The molecule has 5 aliphatic rings. The molecule has 0 aromatic heterocycles. The van der Waals surface area contributed by atoms with Crippen molar-refractivity contribution >= 4 is 23.9 Å². The van der Waals surface area contributed by atoms with Crippen molar-refractivity contribution < 1.29 is 111 Å². The Balaban J connectivity index is 0.000000352. The highest BCUT2D eigenvalue weighted by molar-refractivity contribution is 5.88. The molecule has 5 rings (SSSR count). The number of halogens is 12. The SMILES string of the molecule is C=C(C)C(=O)OC(C)(C1CCCC1)C(C)(O)C(F)(F)F.C=C(C)C(=O)OC1(C(C)(O)C(F)(F)F)CC2CCC1C2.C=C(C)C(=O)OC1(C(C)(O)C(F)(F)F)CCCC1.C=C(C)C(=O)OC1(C(C)(O)C(F)(F)F)CCCCC1. The molecule has 77 heavy (non-hydrogen) atoms. The van der Waals surface area contributed by atoms with E-state index in [1.54, 1.807) is 0 Å². The van der Waals surface area contributed by atoms with Crippen LogP contribution in [0.25, 0.3) is 0 Å². The van der Waals surface area contributed by atoms with Crippen molar-refractivity contribution in [2.24, 2.45) is 17.8 Å². The van der Waals surface area contributed by atoms with Gasteiger partial charge >= 0.3 is 48.6 Å². The van der Waals surface area contributed by atoms with E-state index in [2.05, 4.69) is 26.3 Å². The lowest BCUT2D eigenvalue weighted by atomic mass is 9.72. The Labute approximate surface area is 441 Å². The fourth-order valence-corrected chi connectivity index (χ4v) is 10.7. The first-order chi connectivity index (χ1) is 34.5. The second kappa shape index (κ2) is 24.3. The molecule has 5 fully saturated rings. The fourth-order valence-electron chi connectivity index (χ4n) is 10.7. The Hall–Kier alpha value is -4.16. The van der Waals surface area contributed by atoms with E-state index in [4.69, 9.17) is 18.9 Å². The second-order valence-electron chi connectivity index (χ2n) is 22.3. The molecule has 0 aliphatic heterocycles. The first kappa shape index (κ1) is 68.9. The number of hydrogen-bond acceptors (Lipinski definition) is 12. The third kappa shape index (κ3) is 14.4. The van der Waals surface area contributed by atoms with E-state index in [1.807, 2.05) is 0 Å². The quantitative estimate of drug-likeness (QED) is 0.0593. The summed E-state index contributed by atoms with van der Waals surface area (Å²) in [7, 11) is 0. The topological polar surface area (TPSA) is 186 Å². The summed E-state index contributed by atoms with van der Waals surface area (Å²) in [5.41, 5.74) is -19.9. The van der Waals surface area contributed by atoms with Crippen LogP contribution in [0.1, 0.15) is 171 Å². The molecule has 0 heterocycles. The molecular formula is C53H76F12O12. The van der Waals surface area contributed by atoms with Gasteiger partial charge in [0.15, 0.2) is 28.0 Å². The van der Waals surface area contributed by atoms with Crippen LogP contribution < -0.4 is 0 Å². The molecule has 444 valence electrons. The standard InChI is InChI=1S/C14H19F3O3.C14H21F3O3.C13H19F3O3.C12H17F3O3/c1-8(2)11(18)20-13(12(3,19)14(15,16)17)7-9-4-5-10(13)6-9;1-9(2)11(18)20-12(3,10-7-5-6-8-10)13(4,19)14(15,16)17;1-9(2)10(17)19-12(7-5-4-6-8-12)11(3,18)13(14,15)16;1-8(2)9(16)18-11(6-4-5-7-11)10(3,17)12(13,14)15/h9-10,19H,1,4-7H2,2-3H3;10,19H,1,5-8H2,2-4H3;18H,1,4-8H2,2-3H3;17H,1,4-7H2,2-3H3. The first-order valence-electron chi connectivity index (χ1n) is 25.2. The molecule has 8 atom stereocenters. The molecule has 0 amide bonds. The summed E-state index contributed by atoms with van der Waals surface area (Å²) in [6.45, 7) is 22.8. The van der Waals surface area contributed by atoms with Crippen molar-refractivity contribution in [3.63, 3.8) is 0 Å². The number of rotatable bonds is 13. The maximum Gasteiger partial charge on any atom is 0.420 e. The first-order valence-corrected chi connectivity index (χ1v) is 25.2. The van der Waals surface area contributed by atoms with Crippen LogP contribution in [0.4, 0.5) is 52.7 Å². The number of ether oxygens (including phenoxy) is 4. The van der Waals surface area contributed by atoms with Crippen molar-refractivity contribution in [1.29, 1.82) is 0 Å². The lowest BCUT2D eigenvalue weighted by Crippen LogP contribution is -2.65. The third-order valence-corrected chi connectivity index (χ3v) is 16.3. The molecule has 2 bridgehead atoms. The number of esters is 4. The minimum atomic E-state index is -4.89. The van der Waals surface area contributed by atoms with E-state index in [0.717, 1.165) is 32.6 Å². The molecular weight excluding hydrogens is 1060 g/mol. The summed E-state index contributed by atoms with van der Waals surface area (Å²) in [4.78, 5) is 46.5. The molecule has 12 nitrogen and oxygen atoms in total. The van der Waals surface area contributed by atoms with E-state index in [9.17, 15) is 92.3 Å². The van der Waals surface area contributed by atoms with E-state index < -0.39 is 105 Å². The van der Waals surface area contributed by atoms with Crippen LogP contribution in [-0.4, -0.2) is 114 Å². The highest BCUT2D eigenvalue weighted by Gasteiger charge is 2.72. The third-order valence-electron chi connectivity index (χ3n) is 16.3. The lowest BCUT2D eigenvalue weighted by Gasteiger charge is -2.47. The predicted octanol–water partition coefficient (Wildman–Crippen LogP) is 12.2. The van der Waals surface area contributed by atoms with Gasteiger partial charge in [0.25, 0.3) is 0 Å². The van der Waals surface area contributed by atoms with Crippen LogP contribution in [0.3, 0.4) is 0 Å². The van der Waals surface area contributed by atoms with E-state index >= 15 is 0 Å². The number of alkyl halides is 12. The summed E-state index contributed by atoms with van der Waals surface area (Å²) in [6, 6.07) is 0. The van der Waals surface area contributed by atoms with E-state index in [1.165, 1.54) is 27.7 Å². The average molecular weight is 1130 g/mol. The summed E-state index contributed by atoms with van der Waals surface area (Å²) in [5.74, 6) is -4.49. The molecule has 5 aliphatic carbocycles. The minimum absolute atomic E-state index is 0.00146. The summed E-state index contributed by atoms with van der Waals surface area (Å²) >= 11 is 0. The largest absolute Gasteiger partial charge is 0.452 e. The number of aliphatic hydroxyl groups is 4. The maximum absolute atomic E-state index is 13.2. The summed E-state index contributed by atoms with van der Waals surface area (Å²) < 4.78 is 177. The molecule has 0 aromatic rings. The zero-order valence-electron chi connectivity index (χ0n) is 45.2. The van der Waals surface area contributed by atoms with E-state index in [-0.39, 0.29) is 60.3 Å². The molecule has 8 unspecified atom stereocenters. The molecule has 5 saturated carbocycles. The highest BCUT2D eigenvalue weighted by Crippen LogP contribution is 2.60. The van der Waals surface area contributed by atoms with Gasteiger partial charge in [0.1, 0.15) is 16.8 Å². The Morgan fingerprint density at radius 2 is 0.792 bits per heavy atom. The van der Waals surface area contributed by atoms with Crippen molar-refractivity contribution in [2.75, 3.05) is 0 Å². The van der Waals surface area contributed by atoms with Crippen molar-refractivity contribution in [2.45, 2.75) is 241 Å². The number of carbonyl (C=O) groups is 4. The van der Waals surface area contributed by atoms with Crippen molar-refractivity contribution in [1.82, 2.24) is 0 Å². The minimum Gasteiger partial charge on any atom is -0.452 e. The molecule has 0 aromatic carbocycles. The van der Waals surface area contributed by atoms with Crippen molar-refractivity contribution in [3.05, 3.63) is 48.6 Å². The van der Waals surface area contributed by atoms with Crippen molar-refractivity contribution in [3.8, 4) is 0 Å². The van der Waals surface area contributed by atoms with Crippen LogP contribution in [-0.2, 0) is 38.1 Å². The van der Waals surface area contributed by atoms with Gasteiger partial charge in [-0.05, 0) is 158 Å². The molecule has 0 radical (unpaired) electrons. The van der Waals surface area contributed by atoms with Gasteiger partial charge in [0.2, 0.25) is 0 Å². The highest BCUT2D eigenvalue weighted by atomic mass is 19.4. The Morgan fingerprint density at radius 1 is 0.455 bits per heavy atom. The van der Waals surface area contributed by atoms with Gasteiger partial charge in [-0.2, -0.15) is 52.7 Å². The Kier molecular flexibility index (Phi) is 21.7. The lowest BCUT2D eigenvalue weighted by molar-refractivity contribution is -0.322. The fraction of sp³-hybridized carbons (Fsp3) is 0.774. The molecule has 24 heteroatoms. The van der Waals surface area contributed by atoms with Crippen LogP contribution in [0, 0.1) is 17.8 Å². The molecule has 0 saturated heterocycles.